The highest BCUT2D eigenvalue weighted by Gasteiger charge is 2.28. The first kappa shape index (κ1) is 23.3. The smallest absolute Gasteiger partial charge is 0.264 e. The van der Waals surface area contributed by atoms with Crippen LogP contribution in [-0.2, 0) is 14.8 Å². The zero-order valence-electron chi connectivity index (χ0n) is 18.9. The number of nitrogens with zero attached hydrogens (tertiary/aromatic N) is 2. The number of amides is 1. The van der Waals surface area contributed by atoms with Gasteiger partial charge in [0.15, 0.2) is 11.5 Å². The Morgan fingerprint density at radius 1 is 1.00 bits per heavy atom. The fourth-order valence-electron chi connectivity index (χ4n) is 3.52. The topological polar surface area (TPSA) is 97.3 Å². The van der Waals surface area contributed by atoms with Gasteiger partial charge in [0.1, 0.15) is 19.8 Å². The van der Waals surface area contributed by atoms with Gasteiger partial charge < -0.3 is 9.47 Å². The number of hydrazone groups is 1. The number of ether oxygens (including phenoxy) is 2. The summed E-state index contributed by atoms with van der Waals surface area (Å²) in [5.74, 6) is 0.573. The zero-order chi connectivity index (χ0) is 24.1. The Kier molecular flexibility index (Phi) is 6.83. The summed E-state index contributed by atoms with van der Waals surface area (Å²) in [7, 11) is -3.99. The lowest BCUT2D eigenvalue weighted by atomic mass is 10.2. The van der Waals surface area contributed by atoms with Crippen LogP contribution in [0.25, 0.3) is 0 Å². The molecule has 3 aromatic rings. The van der Waals surface area contributed by atoms with Crippen molar-refractivity contribution in [3.05, 3.63) is 83.4 Å². The van der Waals surface area contributed by atoms with Crippen LogP contribution in [0.15, 0.2) is 76.7 Å². The molecule has 0 fully saturated rings. The fraction of sp³-hybridized carbons (Fsp3) is 0.200. The average molecular weight is 480 g/mol. The lowest BCUT2D eigenvalue weighted by molar-refractivity contribution is -0.119. The van der Waals surface area contributed by atoms with Gasteiger partial charge in [-0.1, -0.05) is 42.0 Å². The lowest BCUT2D eigenvalue weighted by Crippen LogP contribution is -2.40. The maximum atomic E-state index is 13.5. The molecule has 0 aromatic heterocycles. The third kappa shape index (κ3) is 5.04. The predicted molar refractivity (Wildman–Crippen MR) is 130 cm³/mol. The Labute approximate surface area is 198 Å². The molecule has 0 saturated heterocycles. The van der Waals surface area contributed by atoms with Crippen LogP contribution in [0.3, 0.4) is 0 Å². The van der Waals surface area contributed by atoms with Crippen LogP contribution in [-0.4, -0.2) is 40.3 Å². The van der Waals surface area contributed by atoms with E-state index in [4.69, 9.17) is 9.47 Å². The minimum Gasteiger partial charge on any atom is -0.486 e. The molecule has 0 saturated carbocycles. The van der Waals surface area contributed by atoms with Crippen molar-refractivity contribution in [1.82, 2.24) is 5.43 Å². The van der Waals surface area contributed by atoms with Gasteiger partial charge in [0.25, 0.3) is 15.9 Å². The molecule has 4 rings (SSSR count). The van der Waals surface area contributed by atoms with Crippen molar-refractivity contribution in [2.24, 2.45) is 5.10 Å². The second kappa shape index (κ2) is 9.96. The number of hydrogen-bond acceptors (Lipinski definition) is 6. The molecule has 0 bridgehead atoms. The average Bonchev–Trinajstić information content (AvgIpc) is 2.83. The van der Waals surface area contributed by atoms with Crippen molar-refractivity contribution in [1.29, 1.82) is 0 Å². The number of carbonyl (C=O) groups is 1. The van der Waals surface area contributed by atoms with Crippen molar-refractivity contribution in [2.75, 3.05) is 24.1 Å². The van der Waals surface area contributed by atoms with Crippen LogP contribution in [0.5, 0.6) is 11.5 Å². The van der Waals surface area contributed by atoms with E-state index in [1.165, 1.54) is 18.3 Å². The van der Waals surface area contributed by atoms with E-state index in [2.05, 4.69) is 10.5 Å². The number of para-hydroxylation sites is 2. The predicted octanol–water partition coefficient (Wildman–Crippen LogP) is 3.42. The van der Waals surface area contributed by atoms with Crippen LogP contribution in [0.1, 0.15) is 16.7 Å². The first-order valence-corrected chi connectivity index (χ1v) is 12.2. The molecule has 0 spiro atoms. The number of anilines is 1. The highest BCUT2D eigenvalue weighted by molar-refractivity contribution is 7.92. The molecular weight excluding hydrogens is 454 g/mol. The van der Waals surface area contributed by atoms with Crippen molar-refractivity contribution in [3.63, 3.8) is 0 Å². The Balaban J connectivity index is 1.56. The molecule has 0 atom stereocenters. The number of sulfonamides is 1. The fourth-order valence-corrected chi connectivity index (χ4v) is 5.00. The Morgan fingerprint density at radius 2 is 1.74 bits per heavy atom. The summed E-state index contributed by atoms with van der Waals surface area (Å²) < 4.78 is 39.2. The van der Waals surface area contributed by atoms with Gasteiger partial charge in [0.05, 0.1) is 16.8 Å². The molecule has 3 aromatic carbocycles. The lowest BCUT2D eigenvalue weighted by Gasteiger charge is -2.25. The summed E-state index contributed by atoms with van der Waals surface area (Å²) in [6.45, 7) is 4.12. The number of fused-ring (bicyclic) bond motifs is 1. The van der Waals surface area contributed by atoms with Gasteiger partial charge >= 0.3 is 0 Å². The number of hydrogen-bond donors (Lipinski definition) is 1. The Hall–Kier alpha value is -3.85. The van der Waals surface area contributed by atoms with E-state index in [-0.39, 0.29) is 4.90 Å². The molecule has 1 heterocycles. The standard InChI is InChI=1S/C25H25N3O5S/c1-18-10-12-21(13-11-18)34(30,31)28(22-8-4-3-6-19(22)2)17-24(29)27-26-16-20-7-5-9-23-25(20)33-15-14-32-23/h3-13,16H,14-15,17H2,1-2H3,(H,27,29)/b26-16-. The van der Waals surface area contributed by atoms with Gasteiger partial charge in [0, 0.05) is 5.56 Å². The minimum atomic E-state index is -3.99. The van der Waals surface area contributed by atoms with Gasteiger partial charge in [-0.2, -0.15) is 5.10 Å². The van der Waals surface area contributed by atoms with Crippen LogP contribution < -0.4 is 19.2 Å². The molecule has 1 amide bonds. The first-order chi connectivity index (χ1) is 16.4. The molecule has 1 aliphatic rings. The van der Waals surface area contributed by atoms with Crippen molar-refractivity contribution < 1.29 is 22.7 Å². The summed E-state index contributed by atoms with van der Waals surface area (Å²) in [6, 6.07) is 18.9. The van der Waals surface area contributed by atoms with Crippen molar-refractivity contribution in [3.8, 4) is 11.5 Å². The van der Waals surface area contributed by atoms with Crippen LogP contribution in [0.2, 0.25) is 0 Å². The number of aryl methyl sites for hydroxylation is 2. The Morgan fingerprint density at radius 3 is 2.50 bits per heavy atom. The van der Waals surface area contributed by atoms with Crippen LogP contribution in [0.4, 0.5) is 5.69 Å². The summed E-state index contributed by atoms with van der Waals surface area (Å²) in [6.07, 6.45) is 1.44. The van der Waals surface area contributed by atoms with Crippen LogP contribution >= 0.6 is 0 Å². The highest BCUT2D eigenvalue weighted by atomic mass is 32.2. The quantitative estimate of drug-likeness (QED) is 0.414. The van der Waals surface area contributed by atoms with E-state index in [0.717, 1.165) is 15.4 Å². The van der Waals surface area contributed by atoms with E-state index in [0.29, 0.717) is 36.0 Å². The minimum absolute atomic E-state index is 0.103. The SMILES string of the molecule is Cc1ccc(S(=O)(=O)N(CC(=O)N/N=C\c2cccc3c2OCCO3)c2ccccc2C)cc1. The van der Waals surface area contributed by atoms with E-state index in [9.17, 15) is 13.2 Å². The molecule has 1 N–H and O–H groups in total. The second-order valence-corrected chi connectivity index (χ2v) is 9.64. The van der Waals surface area contributed by atoms with E-state index >= 15 is 0 Å². The molecule has 9 heteroatoms. The summed E-state index contributed by atoms with van der Waals surface area (Å²) >= 11 is 0. The third-order valence-electron chi connectivity index (χ3n) is 5.27. The number of nitrogens with one attached hydrogen (secondary N) is 1. The third-order valence-corrected chi connectivity index (χ3v) is 7.04. The second-order valence-electron chi connectivity index (χ2n) is 7.78. The van der Waals surface area contributed by atoms with Gasteiger partial charge in [0.2, 0.25) is 0 Å². The molecule has 0 unspecified atom stereocenters. The molecule has 34 heavy (non-hydrogen) atoms. The monoisotopic (exact) mass is 479 g/mol. The summed E-state index contributed by atoms with van der Waals surface area (Å²) in [4.78, 5) is 12.9. The van der Waals surface area contributed by atoms with Crippen molar-refractivity contribution in [2.45, 2.75) is 18.7 Å². The maximum Gasteiger partial charge on any atom is 0.264 e. The van der Waals surface area contributed by atoms with E-state index < -0.39 is 22.5 Å². The normalized spacial score (nSPS) is 13.0. The molecular formula is C25H25N3O5S. The first-order valence-electron chi connectivity index (χ1n) is 10.7. The van der Waals surface area contributed by atoms with Gasteiger partial charge in [-0.05, 0) is 49.7 Å². The van der Waals surface area contributed by atoms with E-state index in [1.807, 2.05) is 13.0 Å². The summed E-state index contributed by atoms with van der Waals surface area (Å²) in [5, 5.41) is 4.00. The molecule has 176 valence electrons. The Bertz CT molecular complexity index is 1320. The zero-order valence-corrected chi connectivity index (χ0v) is 19.7. The number of benzene rings is 3. The van der Waals surface area contributed by atoms with E-state index in [1.54, 1.807) is 55.5 Å². The van der Waals surface area contributed by atoms with Crippen LogP contribution in [0, 0.1) is 13.8 Å². The van der Waals surface area contributed by atoms with Gasteiger partial charge in [-0.3, -0.25) is 9.10 Å². The van der Waals surface area contributed by atoms with Crippen molar-refractivity contribution >= 4 is 27.8 Å². The highest BCUT2D eigenvalue weighted by Crippen LogP contribution is 2.32. The molecule has 0 aliphatic carbocycles. The molecule has 1 aliphatic heterocycles. The molecule has 8 nitrogen and oxygen atoms in total. The molecule has 0 radical (unpaired) electrons. The number of carbonyl (C=O) groups excluding carboxylic acids is 1. The largest absolute Gasteiger partial charge is 0.486 e. The maximum absolute atomic E-state index is 13.5. The van der Waals surface area contributed by atoms with Gasteiger partial charge in [-0.15, -0.1) is 0 Å². The summed E-state index contributed by atoms with van der Waals surface area (Å²) in [5.41, 5.74) is 5.14. The number of rotatable bonds is 7. The van der Waals surface area contributed by atoms with Gasteiger partial charge in [-0.25, -0.2) is 13.8 Å².